The highest BCUT2D eigenvalue weighted by Gasteiger charge is 2.08. The van der Waals surface area contributed by atoms with E-state index < -0.39 is 0 Å². The van der Waals surface area contributed by atoms with Gasteiger partial charge in [-0.1, -0.05) is 0 Å². The molecule has 3 heteroatoms. The van der Waals surface area contributed by atoms with Gasteiger partial charge in [-0.3, -0.25) is 9.78 Å². The van der Waals surface area contributed by atoms with Crippen molar-refractivity contribution in [1.29, 1.82) is 0 Å². The summed E-state index contributed by atoms with van der Waals surface area (Å²) in [5.41, 5.74) is 2.22. The predicted molar refractivity (Wildman–Crippen MR) is 51.2 cm³/mol. The quantitative estimate of drug-likeness (QED) is 0.747. The van der Waals surface area contributed by atoms with E-state index in [2.05, 4.69) is 10.3 Å². The van der Waals surface area contributed by atoms with Crippen LogP contribution in [0.2, 0.25) is 0 Å². The van der Waals surface area contributed by atoms with Crippen molar-refractivity contribution in [3.05, 3.63) is 29.6 Å². The highest BCUT2D eigenvalue weighted by atomic mass is 16.1. The van der Waals surface area contributed by atoms with Crippen LogP contribution in [0.25, 0.3) is 0 Å². The van der Waals surface area contributed by atoms with Gasteiger partial charge in [-0.15, -0.1) is 0 Å². The lowest BCUT2D eigenvalue weighted by Gasteiger charge is -2.14. The Labute approximate surface area is 78.2 Å². The molecule has 0 bridgehead atoms. The van der Waals surface area contributed by atoms with E-state index in [1.807, 2.05) is 19.9 Å². The van der Waals surface area contributed by atoms with Crippen molar-refractivity contribution in [2.45, 2.75) is 26.8 Å². The van der Waals surface area contributed by atoms with Crippen molar-refractivity contribution in [1.82, 2.24) is 10.3 Å². The molecule has 1 amide bonds. The molecule has 1 atom stereocenters. The van der Waals surface area contributed by atoms with Gasteiger partial charge in [0, 0.05) is 19.3 Å². The fourth-order valence-corrected chi connectivity index (χ4v) is 1.31. The van der Waals surface area contributed by atoms with Crippen LogP contribution in [0.3, 0.4) is 0 Å². The lowest BCUT2D eigenvalue weighted by atomic mass is 10.1. The number of rotatable bonds is 2. The molecular weight excluding hydrogens is 164 g/mol. The van der Waals surface area contributed by atoms with Gasteiger partial charge >= 0.3 is 0 Å². The molecule has 3 nitrogen and oxygen atoms in total. The average Bonchev–Trinajstić information content (AvgIpc) is 2.03. The van der Waals surface area contributed by atoms with Crippen LogP contribution >= 0.6 is 0 Å². The zero-order valence-corrected chi connectivity index (χ0v) is 8.16. The first-order chi connectivity index (χ1) is 6.11. The maximum absolute atomic E-state index is 10.8. The number of carbonyl (C=O) groups excluding carboxylic acids is 1. The number of nitrogens with zero attached hydrogens (tertiary/aromatic N) is 1. The molecule has 0 saturated carbocycles. The summed E-state index contributed by atoms with van der Waals surface area (Å²) in [5, 5.41) is 2.82. The first-order valence-corrected chi connectivity index (χ1v) is 4.29. The maximum atomic E-state index is 10.8. The summed E-state index contributed by atoms with van der Waals surface area (Å²) in [6.07, 6.45) is 3.54. The SMILES string of the molecule is CC(=O)NC(C)c1cnccc1C. The van der Waals surface area contributed by atoms with Crippen molar-refractivity contribution in [2.24, 2.45) is 0 Å². The zero-order valence-electron chi connectivity index (χ0n) is 8.16. The largest absolute Gasteiger partial charge is 0.350 e. The van der Waals surface area contributed by atoms with E-state index in [1.165, 1.54) is 6.92 Å². The summed E-state index contributed by atoms with van der Waals surface area (Å²) in [5.74, 6) is -0.0178. The predicted octanol–water partition coefficient (Wildman–Crippen LogP) is 1.59. The third-order valence-corrected chi connectivity index (χ3v) is 1.97. The third kappa shape index (κ3) is 2.54. The van der Waals surface area contributed by atoms with Crippen molar-refractivity contribution in [3.63, 3.8) is 0 Å². The Kier molecular flexibility index (Phi) is 3.01. The lowest BCUT2D eigenvalue weighted by molar-refractivity contribution is -0.119. The summed E-state index contributed by atoms with van der Waals surface area (Å²) in [6, 6.07) is 1.97. The molecule has 1 unspecified atom stereocenters. The topological polar surface area (TPSA) is 42.0 Å². The molecule has 0 saturated heterocycles. The molecule has 0 fully saturated rings. The van der Waals surface area contributed by atoms with E-state index in [4.69, 9.17) is 0 Å². The Balaban J connectivity index is 2.82. The van der Waals surface area contributed by atoms with Crippen LogP contribution in [-0.4, -0.2) is 10.9 Å². The molecular formula is C10H14N2O. The normalized spacial score (nSPS) is 12.2. The van der Waals surface area contributed by atoms with Gasteiger partial charge in [0.15, 0.2) is 0 Å². The summed E-state index contributed by atoms with van der Waals surface area (Å²) >= 11 is 0. The third-order valence-electron chi connectivity index (χ3n) is 1.97. The zero-order chi connectivity index (χ0) is 9.84. The van der Waals surface area contributed by atoms with Crippen molar-refractivity contribution in [3.8, 4) is 0 Å². The van der Waals surface area contributed by atoms with Crippen LogP contribution in [0.15, 0.2) is 18.5 Å². The van der Waals surface area contributed by atoms with Gasteiger partial charge in [-0.25, -0.2) is 0 Å². The van der Waals surface area contributed by atoms with Gasteiger partial charge in [0.1, 0.15) is 0 Å². The highest BCUT2D eigenvalue weighted by Crippen LogP contribution is 2.14. The van der Waals surface area contributed by atoms with Crippen LogP contribution in [0, 0.1) is 6.92 Å². The molecule has 1 heterocycles. The number of nitrogens with one attached hydrogen (secondary N) is 1. The lowest BCUT2D eigenvalue weighted by Crippen LogP contribution is -2.24. The second kappa shape index (κ2) is 4.03. The molecule has 0 radical (unpaired) electrons. The standard InChI is InChI=1S/C10H14N2O/c1-7-4-5-11-6-10(7)8(2)12-9(3)13/h4-6,8H,1-3H3,(H,12,13). The Hall–Kier alpha value is -1.38. The van der Waals surface area contributed by atoms with E-state index in [9.17, 15) is 4.79 Å². The fraction of sp³-hybridized carbons (Fsp3) is 0.400. The monoisotopic (exact) mass is 178 g/mol. The van der Waals surface area contributed by atoms with Crippen LogP contribution in [0.5, 0.6) is 0 Å². The number of aromatic nitrogens is 1. The first kappa shape index (κ1) is 9.71. The Morgan fingerprint density at radius 3 is 2.85 bits per heavy atom. The molecule has 0 aliphatic rings. The van der Waals surface area contributed by atoms with Crippen LogP contribution in [0.1, 0.15) is 31.0 Å². The van der Waals surface area contributed by atoms with Crippen LogP contribution in [0.4, 0.5) is 0 Å². The van der Waals surface area contributed by atoms with E-state index >= 15 is 0 Å². The summed E-state index contributed by atoms with van der Waals surface area (Å²) in [7, 11) is 0. The van der Waals surface area contributed by atoms with Crippen molar-refractivity contribution in [2.75, 3.05) is 0 Å². The molecule has 1 rings (SSSR count). The number of aryl methyl sites for hydroxylation is 1. The minimum Gasteiger partial charge on any atom is -0.350 e. The number of hydrogen-bond donors (Lipinski definition) is 1. The number of pyridine rings is 1. The summed E-state index contributed by atoms with van der Waals surface area (Å²) < 4.78 is 0. The molecule has 0 spiro atoms. The van der Waals surface area contributed by atoms with Gasteiger partial charge < -0.3 is 5.32 Å². The van der Waals surface area contributed by atoms with E-state index in [-0.39, 0.29) is 11.9 Å². The number of amides is 1. The summed E-state index contributed by atoms with van der Waals surface area (Å²) in [4.78, 5) is 14.8. The number of hydrogen-bond acceptors (Lipinski definition) is 2. The Morgan fingerprint density at radius 2 is 2.31 bits per heavy atom. The van der Waals surface area contributed by atoms with Gasteiger partial charge in [0.05, 0.1) is 6.04 Å². The maximum Gasteiger partial charge on any atom is 0.217 e. The smallest absolute Gasteiger partial charge is 0.217 e. The molecule has 13 heavy (non-hydrogen) atoms. The highest BCUT2D eigenvalue weighted by molar-refractivity contribution is 5.73. The Bertz CT molecular complexity index is 310. The second-order valence-electron chi connectivity index (χ2n) is 3.15. The van der Waals surface area contributed by atoms with E-state index in [0.717, 1.165) is 11.1 Å². The Morgan fingerprint density at radius 1 is 1.62 bits per heavy atom. The summed E-state index contributed by atoms with van der Waals surface area (Å²) in [6.45, 7) is 5.48. The van der Waals surface area contributed by atoms with Crippen molar-refractivity contribution >= 4 is 5.91 Å². The van der Waals surface area contributed by atoms with Crippen LogP contribution < -0.4 is 5.32 Å². The van der Waals surface area contributed by atoms with E-state index in [1.54, 1.807) is 12.4 Å². The van der Waals surface area contributed by atoms with Gasteiger partial charge in [0.2, 0.25) is 5.91 Å². The van der Waals surface area contributed by atoms with Gasteiger partial charge in [-0.05, 0) is 31.0 Å². The van der Waals surface area contributed by atoms with Gasteiger partial charge in [-0.2, -0.15) is 0 Å². The molecule has 1 N–H and O–H groups in total. The molecule has 1 aromatic heterocycles. The molecule has 0 aliphatic heterocycles. The van der Waals surface area contributed by atoms with Crippen molar-refractivity contribution < 1.29 is 4.79 Å². The average molecular weight is 178 g/mol. The molecule has 0 aliphatic carbocycles. The minimum absolute atomic E-state index is 0.0178. The molecule has 70 valence electrons. The van der Waals surface area contributed by atoms with Crippen LogP contribution in [-0.2, 0) is 4.79 Å². The fourth-order valence-electron chi connectivity index (χ4n) is 1.31. The van der Waals surface area contributed by atoms with E-state index in [0.29, 0.717) is 0 Å². The second-order valence-corrected chi connectivity index (χ2v) is 3.15. The first-order valence-electron chi connectivity index (χ1n) is 4.29. The van der Waals surface area contributed by atoms with Gasteiger partial charge in [0.25, 0.3) is 0 Å². The number of carbonyl (C=O) groups is 1. The molecule has 0 aromatic carbocycles. The molecule has 1 aromatic rings. The minimum atomic E-state index is -0.0178.